The highest BCUT2D eigenvalue weighted by molar-refractivity contribution is 5.72. The van der Waals surface area contributed by atoms with E-state index in [1.54, 1.807) is 0 Å². The van der Waals surface area contributed by atoms with Crippen molar-refractivity contribution in [3.63, 3.8) is 0 Å². The van der Waals surface area contributed by atoms with Crippen LogP contribution in [0.2, 0.25) is 0 Å². The highest BCUT2D eigenvalue weighted by atomic mass is 16.6. The molecule has 0 radical (unpaired) electrons. The lowest BCUT2D eigenvalue weighted by Crippen LogP contribution is -2.24. The van der Waals surface area contributed by atoms with Crippen molar-refractivity contribution in [3.8, 4) is 0 Å². The molecule has 96 valence electrons. The van der Waals surface area contributed by atoms with Crippen molar-refractivity contribution in [3.05, 3.63) is 0 Å². The number of hydrogen-bond donors (Lipinski definition) is 0. The second kappa shape index (κ2) is 9.60. The largest absolute Gasteiger partial charge is 0.460 e. The van der Waals surface area contributed by atoms with Gasteiger partial charge in [-0.25, -0.2) is 0 Å². The summed E-state index contributed by atoms with van der Waals surface area (Å²) >= 11 is 0. The van der Waals surface area contributed by atoms with E-state index in [1.807, 2.05) is 27.7 Å². The molecule has 0 aliphatic rings. The van der Waals surface area contributed by atoms with Gasteiger partial charge in [-0.15, -0.1) is 0 Å². The van der Waals surface area contributed by atoms with Crippen LogP contribution in [-0.4, -0.2) is 38.5 Å². The molecule has 0 aromatic rings. The molecule has 0 saturated carbocycles. The zero-order valence-electron chi connectivity index (χ0n) is 10.8. The first-order valence-corrected chi connectivity index (χ1v) is 5.97. The standard InChI is InChI=1S/C12H24O4/c1-5-10(3)12(13)16-11(4)9-15-8-7-14-6-2/h10-11H,5-9H2,1-4H3. The lowest BCUT2D eigenvalue weighted by atomic mass is 10.1. The smallest absolute Gasteiger partial charge is 0.308 e. The summed E-state index contributed by atoms with van der Waals surface area (Å²) in [6.45, 7) is 9.86. The fourth-order valence-electron chi connectivity index (χ4n) is 1.03. The Hall–Kier alpha value is -0.610. The van der Waals surface area contributed by atoms with Crippen molar-refractivity contribution >= 4 is 5.97 Å². The summed E-state index contributed by atoms with van der Waals surface area (Å²) in [4.78, 5) is 11.4. The highest BCUT2D eigenvalue weighted by Crippen LogP contribution is 2.05. The van der Waals surface area contributed by atoms with Crippen LogP contribution in [0.25, 0.3) is 0 Å². The van der Waals surface area contributed by atoms with Gasteiger partial charge in [-0.3, -0.25) is 4.79 Å². The predicted octanol–water partition coefficient (Wildman–Crippen LogP) is 2.02. The number of hydrogen-bond acceptors (Lipinski definition) is 4. The first kappa shape index (κ1) is 15.4. The average molecular weight is 232 g/mol. The third-order valence-electron chi connectivity index (χ3n) is 2.26. The topological polar surface area (TPSA) is 44.8 Å². The van der Waals surface area contributed by atoms with Gasteiger partial charge in [-0.1, -0.05) is 13.8 Å². The van der Waals surface area contributed by atoms with Crippen LogP contribution in [0.1, 0.15) is 34.1 Å². The number of esters is 1. The molecule has 0 aliphatic carbocycles. The number of rotatable bonds is 9. The van der Waals surface area contributed by atoms with Gasteiger partial charge in [0, 0.05) is 6.61 Å². The molecule has 4 nitrogen and oxygen atoms in total. The number of carbonyl (C=O) groups is 1. The quantitative estimate of drug-likeness (QED) is 0.450. The van der Waals surface area contributed by atoms with Gasteiger partial charge in [0.05, 0.1) is 25.7 Å². The summed E-state index contributed by atoms with van der Waals surface area (Å²) in [7, 11) is 0. The summed E-state index contributed by atoms with van der Waals surface area (Å²) in [5, 5.41) is 0. The van der Waals surface area contributed by atoms with E-state index in [0.29, 0.717) is 26.4 Å². The van der Waals surface area contributed by atoms with Crippen LogP contribution in [0.15, 0.2) is 0 Å². The average Bonchev–Trinajstić information content (AvgIpc) is 2.27. The first-order valence-electron chi connectivity index (χ1n) is 5.97. The van der Waals surface area contributed by atoms with Gasteiger partial charge in [0.25, 0.3) is 0 Å². The molecule has 0 aliphatic heterocycles. The van der Waals surface area contributed by atoms with Crippen molar-refractivity contribution in [1.29, 1.82) is 0 Å². The molecule has 2 atom stereocenters. The second-order valence-corrected chi connectivity index (χ2v) is 3.83. The van der Waals surface area contributed by atoms with Crippen molar-refractivity contribution < 1.29 is 19.0 Å². The van der Waals surface area contributed by atoms with Gasteiger partial charge in [0.1, 0.15) is 6.10 Å². The van der Waals surface area contributed by atoms with E-state index >= 15 is 0 Å². The monoisotopic (exact) mass is 232 g/mol. The summed E-state index contributed by atoms with van der Waals surface area (Å²) in [5.74, 6) is -0.186. The van der Waals surface area contributed by atoms with E-state index in [1.165, 1.54) is 0 Å². The molecular weight excluding hydrogens is 208 g/mol. The molecule has 0 N–H and O–H groups in total. The predicted molar refractivity (Wildman–Crippen MR) is 62.3 cm³/mol. The van der Waals surface area contributed by atoms with Crippen molar-refractivity contribution in [2.75, 3.05) is 26.4 Å². The third-order valence-corrected chi connectivity index (χ3v) is 2.26. The third kappa shape index (κ3) is 7.65. The van der Waals surface area contributed by atoms with Crippen molar-refractivity contribution in [2.24, 2.45) is 5.92 Å². The Labute approximate surface area is 98.3 Å². The van der Waals surface area contributed by atoms with Gasteiger partial charge >= 0.3 is 5.97 Å². The molecule has 0 fully saturated rings. The minimum Gasteiger partial charge on any atom is -0.460 e. The van der Waals surface area contributed by atoms with Crippen LogP contribution < -0.4 is 0 Å². The molecule has 0 rings (SSSR count). The van der Waals surface area contributed by atoms with E-state index in [-0.39, 0.29) is 18.0 Å². The van der Waals surface area contributed by atoms with Crippen LogP contribution in [0.3, 0.4) is 0 Å². The first-order chi connectivity index (χ1) is 7.61. The van der Waals surface area contributed by atoms with E-state index in [2.05, 4.69) is 0 Å². The zero-order chi connectivity index (χ0) is 12.4. The van der Waals surface area contributed by atoms with Crippen molar-refractivity contribution in [2.45, 2.75) is 40.2 Å². The van der Waals surface area contributed by atoms with Crippen LogP contribution in [-0.2, 0) is 19.0 Å². The Morgan fingerprint density at radius 2 is 1.75 bits per heavy atom. The summed E-state index contributed by atoms with van der Waals surface area (Å²) in [6, 6.07) is 0. The molecule has 0 aromatic heterocycles. The fourth-order valence-corrected chi connectivity index (χ4v) is 1.03. The molecule has 16 heavy (non-hydrogen) atoms. The molecule has 4 heteroatoms. The molecule has 0 spiro atoms. The maximum atomic E-state index is 11.4. The van der Waals surface area contributed by atoms with Crippen LogP contribution in [0.4, 0.5) is 0 Å². The van der Waals surface area contributed by atoms with Gasteiger partial charge in [-0.2, -0.15) is 0 Å². The van der Waals surface area contributed by atoms with Crippen LogP contribution in [0.5, 0.6) is 0 Å². The van der Waals surface area contributed by atoms with Gasteiger partial charge in [-0.05, 0) is 20.3 Å². The van der Waals surface area contributed by atoms with Gasteiger partial charge in [0.15, 0.2) is 0 Å². The molecule has 0 amide bonds. The van der Waals surface area contributed by atoms with E-state index in [4.69, 9.17) is 14.2 Å². The van der Waals surface area contributed by atoms with Crippen LogP contribution in [0, 0.1) is 5.92 Å². The Morgan fingerprint density at radius 1 is 1.12 bits per heavy atom. The fraction of sp³-hybridized carbons (Fsp3) is 0.917. The SMILES string of the molecule is CCOCCOCC(C)OC(=O)C(C)CC. The Bertz CT molecular complexity index is 182. The lowest BCUT2D eigenvalue weighted by molar-refractivity contribution is -0.155. The Balaban J connectivity index is 3.50. The normalized spacial score (nSPS) is 14.5. The molecule has 0 aromatic carbocycles. The van der Waals surface area contributed by atoms with E-state index in [0.717, 1.165) is 6.42 Å². The Morgan fingerprint density at radius 3 is 2.31 bits per heavy atom. The molecule has 0 bridgehead atoms. The Kier molecular flexibility index (Phi) is 9.24. The zero-order valence-corrected chi connectivity index (χ0v) is 10.8. The second-order valence-electron chi connectivity index (χ2n) is 3.83. The summed E-state index contributed by atoms with van der Waals surface area (Å²) < 4.78 is 15.6. The van der Waals surface area contributed by atoms with E-state index < -0.39 is 0 Å². The number of carbonyl (C=O) groups excluding carboxylic acids is 1. The maximum Gasteiger partial charge on any atom is 0.308 e. The minimum absolute atomic E-state index is 0.0362. The molecule has 2 unspecified atom stereocenters. The molecule has 0 heterocycles. The summed E-state index contributed by atoms with van der Waals surface area (Å²) in [6.07, 6.45) is 0.611. The van der Waals surface area contributed by atoms with E-state index in [9.17, 15) is 4.79 Å². The van der Waals surface area contributed by atoms with Gasteiger partial charge < -0.3 is 14.2 Å². The summed E-state index contributed by atoms with van der Waals surface area (Å²) in [5.41, 5.74) is 0. The molecule has 0 saturated heterocycles. The highest BCUT2D eigenvalue weighted by Gasteiger charge is 2.15. The maximum absolute atomic E-state index is 11.4. The van der Waals surface area contributed by atoms with Gasteiger partial charge in [0.2, 0.25) is 0 Å². The van der Waals surface area contributed by atoms with Crippen molar-refractivity contribution in [1.82, 2.24) is 0 Å². The molecular formula is C12H24O4. The van der Waals surface area contributed by atoms with Crippen LogP contribution >= 0.6 is 0 Å². The number of ether oxygens (including phenoxy) is 3. The lowest BCUT2D eigenvalue weighted by Gasteiger charge is -2.16. The minimum atomic E-state index is -0.192.